The molecular formula is C13H19N3O5S. The first-order valence-corrected chi connectivity index (χ1v) is 8.11. The number of carbonyl (C=O) groups is 1. The molecule has 0 radical (unpaired) electrons. The van der Waals surface area contributed by atoms with Crippen LogP contribution in [0.1, 0.15) is 20.3 Å². The first kappa shape index (κ1) is 16.7. The van der Waals surface area contributed by atoms with Crippen molar-refractivity contribution in [1.82, 2.24) is 15.6 Å². The van der Waals surface area contributed by atoms with Gasteiger partial charge in [0.2, 0.25) is 0 Å². The van der Waals surface area contributed by atoms with Crippen molar-refractivity contribution in [3.05, 3.63) is 34.9 Å². The Morgan fingerprint density at radius 3 is 2.77 bits per heavy atom. The van der Waals surface area contributed by atoms with Crippen LogP contribution in [0.4, 0.5) is 0 Å². The van der Waals surface area contributed by atoms with Crippen LogP contribution >= 0.6 is 0 Å². The monoisotopic (exact) mass is 329 g/mol. The van der Waals surface area contributed by atoms with Gasteiger partial charge < -0.3 is 5.11 Å². The van der Waals surface area contributed by atoms with Crippen LogP contribution in [0.3, 0.4) is 0 Å². The molecule has 0 saturated heterocycles. The lowest BCUT2D eigenvalue weighted by atomic mass is 9.88. The molecule has 3 N–H and O–H groups in total. The molecule has 9 heteroatoms. The molecular weight excluding hydrogens is 310 g/mol. The summed E-state index contributed by atoms with van der Waals surface area (Å²) < 4.78 is 32.1. The first-order chi connectivity index (χ1) is 10.1. The molecule has 0 fully saturated rings. The highest BCUT2D eigenvalue weighted by molar-refractivity contribution is 7.90. The lowest BCUT2D eigenvalue weighted by molar-refractivity contribution is -0.141. The van der Waals surface area contributed by atoms with E-state index in [-0.39, 0.29) is 11.4 Å². The van der Waals surface area contributed by atoms with Crippen LogP contribution < -0.4 is 5.53 Å². The van der Waals surface area contributed by atoms with Gasteiger partial charge in [-0.05, 0) is 32.4 Å². The van der Waals surface area contributed by atoms with Crippen LogP contribution in [0.5, 0.6) is 0 Å². The maximum atomic E-state index is 11.4. The number of carboxylic acids is 1. The van der Waals surface area contributed by atoms with Crippen LogP contribution in [-0.2, 0) is 14.9 Å². The van der Waals surface area contributed by atoms with E-state index in [1.165, 1.54) is 17.2 Å². The number of hydrogen-bond donors (Lipinski definition) is 3. The molecule has 0 aromatic carbocycles. The topological polar surface area (TPSA) is 110 Å². The lowest BCUT2D eigenvalue weighted by Crippen LogP contribution is -2.59. The largest absolute Gasteiger partial charge is 0.480 e. The Morgan fingerprint density at radius 2 is 2.18 bits per heavy atom. The smallest absolute Gasteiger partial charge is 0.319 e. The summed E-state index contributed by atoms with van der Waals surface area (Å²) in [7, 11) is -4.30. The quantitative estimate of drug-likeness (QED) is 0.640. The predicted octanol–water partition coefficient (Wildman–Crippen LogP) is 0.502. The van der Waals surface area contributed by atoms with Gasteiger partial charge in [-0.25, -0.2) is 5.01 Å². The molecule has 2 rings (SSSR count). The second-order valence-electron chi connectivity index (χ2n) is 5.68. The van der Waals surface area contributed by atoms with Crippen molar-refractivity contribution < 1.29 is 22.9 Å². The zero-order valence-corrected chi connectivity index (χ0v) is 13.2. The van der Waals surface area contributed by atoms with Gasteiger partial charge >= 0.3 is 5.97 Å². The number of aliphatic carboxylic acids is 1. The minimum absolute atomic E-state index is 0.163. The summed E-state index contributed by atoms with van der Waals surface area (Å²) >= 11 is 0. The number of nitrogens with zero attached hydrogens (tertiary/aromatic N) is 2. The normalized spacial score (nSPS) is 26.6. The van der Waals surface area contributed by atoms with E-state index in [0.29, 0.717) is 13.0 Å². The number of hydrazine groups is 2. The van der Waals surface area contributed by atoms with E-state index < -0.39 is 21.6 Å². The highest BCUT2D eigenvalue weighted by Gasteiger charge is 2.35. The Balaban J connectivity index is 2.29. The summed E-state index contributed by atoms with van der Waals surface area (Å²) in [6, 6.07) is 0. The molecule has 0 aromatic rings. The standard InChI is InChI=1S/C13H19N3O5S/c1-10-6-11(22(19,20)21)8-13(2,7-10)16-5-3-4-15(14-16)9-12(17)18/h3,5-6,8,14H,4,7,9H2,1-2H3,(H,17,18)(H,19,20,21). The Labute approximate surface area is 129 Å². The zero-order chi connectivity index (χ0) is 16.5. The minimum atomic E-state index is -4.30. The Kier molecular flexibility index (Phi) is 4.43. The molecule has 0 saturated carbocycles. The summed E-state index contributed by atoms with van der Waals surface area (Å²) in [4.78, 5) is 10.6. The lowest BCUT2D eigenvalue weighted by Gasteiger charge is -2.45. The molecule has 0 amide bonds. The fourth-order valence-electron chi connectivity index (χ4n) is 2.62. The fraction of sp³-hybridized carbons (Fsp3) is 0.462. The van der Waals surface area contributed by atoms with Crippen molar-refractivity contribution in [3.8, 4) is 0 Å². The van der Waals surface area contributed by atoms with Crippen LogP contribution in [0.15, 0.2) is 34.9 Å². The van der Waals surface area contributed by atoms with Gasteiger partial charge in [0.1, 0.15) is 6.54 Å². The van der Waals surface area contributed by atoms with E-state index in [2.05, 4.69) is 5.53 Å². The molecule has 8 nitrogen and oxygen atoms in total. The second kappa shape index (κ2) is 5.84. The molecule has 22 heavy (non-hydrogen) atoms. The third-order valence-electron chi connectivity index (χ3n) is 3.48. The number of hydrogen-bond acceptors (Lipinski definition) is 6. The molecule has 1 unspecified atom stereocenters. The molecule has 1 heterocycles. The Bertz CT molecular complexity index is 667. The first-order valence-electron chi connectivity index (χ1n) is 6.67. The summed E-state index contributed by atoms with van der Waals surface area (Å²) in [6.45, 7) is 3.80. The number of carboxylic acid groups (broad SMARTS) is 1. The summed E-state index contributed by atoms with van der Waals surface area (Å²) in [5.74, 6) is -0.971. The van der Waals surface area contributed by atoms with Gasteiger partial charge in [-0.1, -0.05) is 11.6 Å². The Hall–Kier alpha value is -1.68. The van der Waals surface area contributed by atoms with E-state index >= 15 is 0 Å². The van der Waals surface area contributed by atoms with Gasteiger partial charge in [-0.3, -0.25) is 14.4 Å². The van der Waals surface area contributed by atoms with E-state index in [1.54, 1.807) is 31.1 Å². The molecule has 1 aliphatic carbocycles. The zero-order valence-electron chi connectivity index (χ0n) is 12.4. The van der Waals surface area contributed by atoms with Crippen molar-refractivity contribution in [2.45, 2.75) is 25.8 Å². The molecule has 0 spiro atoms. The van der Waals surface area contributed by atoms with E-state index in [0.717, 1.165) is 5.57 Å². The average molecular weight is 329 g/mol. The maximum Gasteiger partial charge on any atom is 0.319 e. The molecule has 1 atom stereocenters. The van der Waals surface area contributed by atoms with Crippen molar-refractivity contribution >= 4 is 16.1 Å². The highest BCUT2D eigenvalue weighted by Crippen LogP contribution is 2.33. The van der Waals surface area contributed by atoms with Gasteiger partial charge in [0.05, 0.1) is 10.4 Å². The maximum absolute atomic E-state index is 11.4. The summed E-state index contributed by atoms with van der Waals surface area (Å²) in [6.07, 6.45) is 6.93. The van der Waals surface area contributed by atoms with E-state index in [9.17, 15) is 17.8 Å². The van der Waals surface area contributed by atoms with E-state index in [4.69, 9.17) is 5.11 Å². The van der Waals surface area contributed by atoms with E-state index in [1.807, 2.05) is 0 Å². The number of allylic oxidation sites excluding steroid dienone is 1. The average Bonchev–Trinajstić information content (AvgIpc) is 2.36. The predicted molar refractivity (Wildman–Crippen MR) is 79.7 cm³/mol. The third kappa shape index (κ3) is 3.74. The second-order valence-corrected chi connectivity index (χ2v) is 7.10. The summed E-state index contributed by atoms with van der Waals surface area (Å²) in [5.41, 5.74) is 2.98. The number of rotatable bonds is 4. The van der Waals surface area contributed by atoms with Crippen LogP contribution in [-0.4, -0.2) is 52.7 Å². The van der Waals surface area contributed by atoms with Gasteiger partial charge in [0.15, 0.2) is 0 Å². The molecule has 0 aromatic heterocycles. The van der Waals surface area contributed by atoms with Gasteiger partial charge in [0.25, 0.3) is 10.1 Å². The Morgan fingerprint density at radius 1 is 1.50 bits per heavy atom. The van der Waals surface area contributed by atoms with Crippen molar-refractivity contribution in [2.75, 3.05) is 13.1 Å². The van der Waals surface area contributed by atoms with Crippen molar-refractivity contribution in [1.29, 1.82) is 0 Å². The van der Waals surface area contributed by atoms with Gasteiger partial charge in [-0.15, -0.1) is 0 Å². The SMILES string of the molecule is CC1=CC(S(=O)(=O)O)=CC(C)(N2C=CCN(CC(=O)O)N2)C1. The van der Waals surface area contributed by atoms with Crippen LogP contribution in [0.25, 0.3) is 0 Å². The third-order valence-corrected chi connectivity index (χ3v) is 4.31. The molecule has 0 bridgehead atoms. The van der Waals surface area contributed by atoms with Gasteiger partial charge in [-0.2, -0.15) is 14.0 Å². The number of nitrogens with one attached hydrogen (secondary N) is 1. The van der Waals surface area contributed by atoms with Crippen molar-refractivity contribution in [3.63, 3.8) is 0 Å². The highest BCUT2D eigenvalue weighted by atomic mass is 32.2. The fourth-order valence-corrected chi connectivity index (χ4v) is 3.37. The van der Waals surface area contributed by atoms with Crippen molar-refractivity contribution in [2.24, 2.45) is 0 Å². The summed E-state index contributed by atoms with van der Waals surface area (Å²) in [5, 5.41) is 12.0. The van der Waals surface area contributed by atoms with Gasteiger partial charge in [0, 0.05) is 12.7 Å². The minimum Gasteiger partial charge on any atom is -0.480 e. The van der Waals surface area contributed by atoms with Crippen LogP contribution in [0.2, 0.25) is 0 Å². The molecule has 122 valence electrons. The molecule has 1 aliphatic heterocycles. The van der Waals surface area contributed by atoms with Crippen LogP contribution in [0, 0.1) is 0 Å². The molecule has 2 aliphatic rings.